The molecule has 0 spiro atoms. The zero-order chi connectivity index (χ0) is 13.8. The highest BCUT2D eigenvalue weighted by molar-refractivity contribution is 5.77. The molecule has 2 aliphatic rings. The predicted molar refractivity (Wildman–Crippen MR) is 78.7 cm³/mol. The van der Waals surface area contributed by atoms with Crippen LogP contribution in [0.5, 0.6) is 0 Å². The van der Waals surface area contributed by atoms with Crippen molar-refractivity contribution >= 4 is 5.91 Å². The van der Waals surface area contributed by atoms with Crippen molar-refractivity contribution in [1.29, 1.82) is 0 Å². The van der Waals surface area contributed by atoms with E-state index in [9.17, 15) is 4.79 Å². The van der Waals surface area contributed by atoms with Gasteiger partial charge < -0.3 is 10.6 Å². The van der Waals surface area contributed by atoms with Gasteiger partial charge in [-0.25, -0.2) is 0 Å². The molecule has 0 aromatic rings. The minimum atomic E-state index is 0.399. The van der Waals surface area contributed by atoms with Crippen molar-refractivity contribution < 1.29 is 4.79 Å². The Kier molecular flexibility index (Phi) is 5.26. The van der Waals surface area contributed by atoms with E-state index >= 15 is 0 Å². The molecule has 0 radical (unpaired) electrons. The quantitative estimate of drug-likeness (QED) is 0.853. The van der Waals surface area contributed by atoms with Crippen molar-refractivity contribution in [2.75, 3.05) is 6.54 Å². The zero-order valence-electron chi connectivity index (χ0n) is 12.6. The molecule has 0 aromatic carbocycles. The van der Waals surface area contributed by atoms with Gasteiger partial charge in [-0.3, -0.25) is 4.79 Å². The number of nitrogens with two attached hydrogens (primary N) is 1. The van der Waals surface area contributed by atoms with E-state index in [1.807, 2.05) is 0 Å². The average Bonchev–Trinajstić information content (AvgIpc) is 2.39. The van der Waals surface area contributed by atoms with E-state index < -0.39 is 0 Å². The Hall–Kier alpha value is -0.570. The Balaban J connectivity index is 1.83. The molecule has 0 bridgehead atoms. The van der Waals surface area contributed by atoms with Gasteiger partial charge in [0.25, 0.3) is 0 Å². The lowest BCUT2D eigenvalue weighted by Crippen LogP contribution is -2.48. The van der Waals surface area contributed by atoms with Crippen molar-refractivity contribution in [2.24, 2.45) is 17.6 Å². The third kappa shape index (κ3) is 3.71. The van der Waals surface area contributed by atoms with Crippen LogP contribution in [0.4, 0.5) is 0 Å². The predicted octanol–water partition coefficient (Wildman–Crippen LogP) is 2.93. The van der Waals surface area contributed by atoms with Crippen LogP contribution in [0.1, 0.15) is 65.2 Å². The van der Waals surface area contributed by atoms with Crippen LogP contribution in [0.15, 0.2) is 0 Å². The lowest BCUT2D eigenvalue weighted by atomic mass is 9.80. The molecule has 1 heterocycles. The summed E-state index contributed by atoms with van der Waals surface area (Å²) in [7, 11) is 0. The normalized spacial score (nSPS) is 36.3. The lowest BCUT2D eigenvalue weighted by molar-refractivity contribution is -0.138. The molecule has 2 fully saturated rings. The fraction of sp³-hybridized carbons (Fsp3) is 0.938. The maximum Gasteiger partial charge on any atom is 0.223 e. The second-order valence-electron chi connectivity index (χ2n) is 6.76. The molecule has 2 N–H and O–H groups in total. The molecular weight excluding hydrogens is 236 g/mol. The maximum absolute atomic E-state index is 12.5. The number of rotatable bonds is 3. The largest absolute Gasteiger partial charge is 0.337 e. The summed E-state index contributed by atoms with van der Waals surface area (Å²) < 4.78 is 0. The fourth-order valence-electron chi connectivity index (χ4n) is 3.94. The summed E-state index contributed by atoms with van der Waals surface area (Å²) in [5.41, 5.74) is 5.73. The summed E-state index contributed by atoms with van der Waals surface area (Å²) in [4.78, 5) is 14.7. The second kappa shape index (κ2) is 6.74. The van der Waals surface area contributed by atoms with Crippen molar-refractivity contribution in [1.82, 2.24) is 4.90 Å². The van der Waals surface area contributed by atoms with Gasteiger partial charge in [-0.05, 0) is 77.2 Å². The molecule has 1 saturated carbocycles. The molecule has 0 unspecified atom stereocenters. The summed E-state index contributed by atoms with van der Waals surface area (Å²) in [6.07, 6.45) is 9.24. The summed E-state index contributed by atoms with van der Waals surface area (Å²) in [6, 6.07) is 0.883. The number of nitrogens with zero attached hydrogens (tertiary/aromatic N) is 1. The Morgan fingerprint density at radius 2 is 1.53 bits per heavy atom. The first-order chi connectivity index (χ1) is 9.11. The fourth-order valence-corrected chi connectivity index (χ4v) is 3.94. The molecule has 1 aliphatic heterocycles. The maximum atomic E-state index is 12.5. The van der Waals surface area contributed by atoms with Gasteiger partial charge in [-0.2, -0.15) is 0 Å². The van der Waals surface area contributed by atoms with Gasteiger partial charge in [0, 0.05) is 18.5 Å². The molecule has 110 valence electrons. The third-order valence-electron chi connectivity index (χ3n) is 5.24. The van der Waals surface area contributed by atoms with Crippen LogP contribution in [-0.4, -0.2) is 29.4 Å². The molecule has 0 aromatic heterocycles. The SMILES string of the molecule is C[C@@H]1CCC[C@H](C)N1C(=O)CC1CCC(CN)CC1. The number of piperidine rings is 1. The second-order valence-corrected chi connectivity index (χ2v) is 6.76. The molecule has 3 heteroatoms. The molecule has 1 aliphatic carbocycles. The van der Waals surface area contributed by atoms with Crippen molar-refractivity contribution in [2.45, 2.75) is 77.3 Å². The van der Waals surface area contributed by atoms with Crippen LogP contribution in [-0.2, 0) is 4.79 Å². The molecular formula is C16H30N2O. The zero-order valence-corrected chi connectivity index (χ0v) is 12.6. The van der Waals surface area contributed by atoms with Crippen molar-refractivity contribution in [3.8, 4) is 0 Å². The van der Waals surface area contributed by atoms with E-state index in [4.69, 9.17) is 5.73 Å². The summed E-state index contributed by atoms with van der Waals surface area (Å²) in [5.74, 6) is 1.71. The summed E-state index contributed by atoms with van der Waals surface area (Å²) in [5, 5.41) is 0. The number of hydrogen-bond acceptors (Lipinski definition) is 2. The third-order valence-corrected chi connectivity index (χ3v) is 5.24. The lowest BCUT2D eigenvalue weighted by Gasteiger charge is -2.40. The average molecular weight is 266 g/mol. The molecule has 2 atom stereocenters. The topological polar surface area (TPSA) is 46.3 Å². The number of amides is 1. The highest BCUT2D eigenvalue weighted by Crippen LogP contribution is 2.32. The molecule has 19 heavy (non-hydrogen) atoms. The van der Waals surface area contributed by atoms with Gasteiger partial charge in [0.1, 0.15) is 0 Å². The summed E-state index contributed by atoms with van der Waals surface area (Å²) in [6.45, 7) is 5.23. The summed E-state index contributed by atoms with van der Waals surface area (Å²) >= 11 is 0. The van der Waals surface area contributed by atoms with E-state index in [1.54, 1.807) is 0 Å². The molecule has 1 amide bonds. The van der Waals surface area contributed by atoms with Gasteiger partial charge in [0.15, 0.2) is 0 Å². The first-order valence-electron chi connectivity index (χ1n) is 8.13. The smallest absolute Gasteiger partial charge is 0.223 e. The first kappa shape index (κ1) is 14.8. The molecule has 2 rings (SSSR count). The molecule has 3 nitrogen and oxygen atoms in total. The van der Waals surface area contributed by atoms with Crippen LogP contribution >= 0.6 is 0 Å². The Labute approximate surface area is 117 Å². The first-order valence-corrected chi connectivity index (χ1v) is 8.13. The van der Waals surface area contributed by atoms with Crippen molar-refractivity contribution in [3.05, 3.63) is 0 Å². The van der Waals surface area contributed by atoms with E-state index in [0.29, 0.717) is 29.8 Å². The Morgan fingerprint density at radius 3 is 2.05 bits per heavy atom. The van der Waals surface area contributed by atoms with E-state index in [2.05, 4.69) is 18.7 Å². The van der Waals surface area contributed by atoms with Gasteiger partial charge in [-0.1, -0.05) is 0 Å². The van der Waals surface area contributed by atoms with Crippen LogP contribution in [0.25, 0.3) is 0 Å². The minimum Gasteiger partial charge on any atom is -0.337 e. The van der Waals surface area contributed by atoms with Crippen LogP contribution in [0, 0.1) is 11.8 Å². The standard InChI is InChI=1S/C16H30N2O/c1-12-4-3-5-13(2)18(12)16(19)10-14-6-8-15(11-17)9-7-14/h12-15H,3-11,17H2,1-2H3/t12-,13+,14?,15?. The number of carbonyl (C=O) groups excluding carboxylic acids is 1. The van der Waals surface area contributed by atoms with Crippen LogP contribution < -0.4 is 5.73 Å². The van der Waals surface area contributed by atoms with Gasteiger partial charge in [-0.15, -0.1) is 0 Å². The number of carbonyl (C=O) groups is 1. The highest BCUT2D eigenvalue weighted by Gasteiger charge is 2.31. The van der Waals surface area contributed by atoms with E-state index in [0.717, 1.165) is 13.0 Å². The van der Waals surface area contributed by atoms with Crippen LogP contribution in [0.2, 0.25) is 0 Å². The van der Waals surface area contributed by atoms with Gasteiger partial charge in [0.2, 0.25) is 5.91 Å². The number of hydrogen-bond donors (Lipinski definition) is 1. The van der Waals surface area contributed by atoms with Gasteiger partial charge >= 0.3 is 0 Å². The Bertz CT molecular complexity index is 287. The highest BCUT2D eigenvalue weighted by atomic mass is 16.2. The van der Waals surface area contributed by atoms with Gasteiger partial charge in [0.05, 0.1) is 0 Å². The van der Waals surface area contributed by atoms with E-state index in [1.165, 1.54) is 44.9 Å². The number of likely N-dealkylation sites (tertiary alicyclic amines) is 1. The van der Waals surface area contributed by atoms with Crippen LogP contribution in [0.3, 0.4) is 0 Å². The Morgan fingerprint density at radius 1 is 1.00 bits per heavy atom. The van der Waals surface area contributed by atoms with Crippen molar-refractivity contribution in [3.63, 3.8) is 0 Å². The molecule has 1 saturated heterocycles. The monoisotopic (exact) mass is 266 g/mol. The van der Waals surface area contributed by atoms with E-state index in [-0.39, 0.29) is 0 Å². The minimum absolute atomic E-state index is 0.399.